The average molecular weight is 228 g/mol. The number of rotatable bonds is 3. The summed E-state index contributed by atoms with van der Waals surface area (Å²) in [5, 5.41) is 0. The van der Waals surface area contributed by atoms with Crippen LogP contribution in [0.15, 0.2) is 29.0 Å². The highest BCUT2D eigenvalue weighted by molar-refractivity contribution is 5.92. The Morgan fingerprint density at radius 3 is 2.94 bits per heavy atom. The van der Waals surface area contributed by atoms with Crippen LogP contribution in [0.1, 0.15) is 41.9 Å². The van der Waals surface area contributed by atoms with Crippen LogP contribution in [0.4, 0.5) is 0 Å². The summed E-state index contributed by atoms with van der Waals surface area (Å²) in [4.78, 5) is 19.6. The van der Waals surface area contributed by atoms with E-state index in [-0.39, 0.29) is 5.78 Å². The van der Waals surface area contributed by atoms with Crippen molar-refractivity contribution in [1.82, 2.24) is 9.97 Å². The molecule has 4 nitrogen and oxygen atoms in total. The lowest BCUT2D eigenvalue weighted by molar-refractivity contribution is 0.101. The Morgan fingerprint density at radius 2 is 2.29 bits per heavy atom. The number of oxazole rings is 1. The predicted molar refractivity (Wildman–Crippen MR) is 61.7 cm³/mol. The van der Waals surface area contributed by atoms with Gasteiger partial charge in [0.1, 0.15) is 12.0 Å². The lowest BCUT2D eigenvalue weighted by Gasteiger charge is -1.99. The summed E-state index contributed by atoms with van der Waals surface area (Å²) in [6.45, 7) is 1.48. The maximum absolute atomic E-state index is 11.1. The van der Waals surface area contributed by atoms with Crippen molar-refractivity contribution in [3.8, 4) is 11.5 Å². The Hall–Kier alpha value is -1.97. The molecule has 4 heteroatoms. The van der Waals surface area contributed by atoms with Crippen LogP contribution in [0.5, 0.6) is 0 Å². The highest BCUT2D eigenvalue weighted by atomic mass is 16.3. The van der Waals surface area contributed by atoms with Gasteiger partial charge in [-0.1, -0.05) is 0 Å². The van der Waals surface area contributed by atoms with Crippen molar-refractivity contribution >= 4 is 5.78 Å². The number of carbonyl (C=O) groups excluding carboxylic acids is 1. The summed E-state index contributed by atoms with van der Waals surface area (Å²) < 4.78 is 5.31. The number of pyridine rings is 1. The molecule has 0 unspecified atom stereocenters. The van der Waals surface area contributed by atoms with Crippen LogP contribution in [0.25, 0.3) is 11.5 Å². The molecule has 1 aliphatic rings. The summed E-state index contributed by atoms with van der Waals surface area (Å²) in [6.07, 6.45) is 5.58. The summed E-state index contributed by atoms with van der Waals surface area (Å²) in [5.41, 5.74) is 2.34. The van der Waals surface area contributed by atoms with Gasteiger partial charge in [0.15, 0.2) is 5.78 Å². The first-order valence-corrected chi connectivity index (χ1v) is 5.67. The molecule has 2 heterocycles. The van der Waals surface area contributed by atoms with Crippen molar-refractivity contribution in [2.24, 2.45) is 0 Å². The first kappa shape index (κ1) is 10.2. The second kappa shape index (κ2) is 3.80. The molecule has 0 spiro atoms. The Labute approximate surface area is 98.7 Å². The fourth-order valence-corrected chi connectivity index (χ4v) is 1.75. The van der Waals surface area contributed by atoms with Gasteiger partial charge < -0.3 is 4.42 Å². The molecule has 1 saturated carbocycles. The van der Waals surface area contributed by atoms with Gasteiger partial charge >= 0.3 is 0 Å². The van der Waals surface area contributed by atoms with E-state index in [1.807, 2.05) is 12.1 Å². The molecular weight excluding hydrogens is 216 g/mol. The Kier molecular flexibility index (Phi) is 2.28. The standard InChI is InChI=1S/C13H12N2O2/c1-8(16)12-7-17-13(15-12)10-4-5-14-11(6-10)9-2-3-9/h4-7,9H,2-3H2,1H3. The second-order valence-corrected chi connectivity index (χ2v) is 4.34. The largest absolute Gasteiger partial charge is 0.444 e. The number of Topliss-reactive ketones (excluding diaryl/α,β-unsaturated/α-hetero) is 1. The topological polar surface area (TPSA) is 56.0 Å². The zero-order chi connectivity index (χ0) is 11.8. The summed E-state index contributed by atoms with van der Waals surface area (Å²) in [6, 6.07) is 3.84. The zero-order valence-corrected chi connectivity index (χ0v) is 9.51. The van der Waals surface area contributed by atoms with E-state index >= 15 is 0 Å². The summed E-state index contributed by atoms with van der Waals surface area (Å²) in [7, 11) is 0. The Bertz CT molecular complexity index is 570. The first-order chi connectivity index (χ1) is 8.24. The number of hydrogen-bond donors (Lipinski definition) is 0. The minimum absolute atomic E-state index is 0.0866. The second-order valence-electron chi connectivity index (χ2n) is 4.34. The molecule has 0 bridgehead atoms. The first-order valence-electron chi connectivity index (χ1n) is 5.67. The van der Waals surface area contributed by atoms with E-state index in [1.165, 1.54) is 26.0 Å². The molecule has 2 aromatic heterocycles. The minimum atomic E-state index is -0.0866. The van der Waals surface area contributed by atoms with E-state index in [2.05, 4.69) is 9.97 Å². The number of aromatic nitrogens is 2. The molecule has 3 rings (SSSR count). The van der Waals surface area contributed by atoms with E-state index in [1.54, 1.807) is 6.20 Å². The van der Waals surface area contributed by atoms with Gasteiger partial charge in [0.05, 0.1) is 0 Å². The van der Waals surface area contributed by atoms with Gasteiger partial charge in [0, 0.05) is 30.3 Å². The quantitative estimate of drug-likeness (QED) is 0.758. The van der Waals surface area contributed by atoms with E-state index in [9.17, 15) is 4.79 Å². The maximum atomic E-state index is 11.1. The molecule has 0 radical (unpaired) electrons. The summed E-state index contributed by atoms with van der Waals surface area (Å²) in [5.74, 6) is 0.994. The van der Waals surface area contributed by atoms with Crippen molar-refractivity contribution in [2.75, 3.05) is 0 Å². The molecule has 0 amide bonds. The van der Waals surface area contributed by atoms with E-state index in [0.717, 1.165) is 11.3 Å². The SMILES string of the molecule is CC(=O)c1coc(-c2ccnc(C3CC3)c2)n1. The highest BCUT2D eigenvalue weighted by Crippen LogP contribution is 2.39. The molecular formula is C13H12N2O2. The molecule has 0 aromatic carbocycles. The van der Waals surface area contributed by atoms with Crippen LogP contribution >= 0.6 is 0 Å². The lowest BCUT2D eigenvalue weighted by atomic mass is 10.2. The van der Waals surface area contributed by atoms with Crippen molar-refractivity contribution in [2.45, 2.75) is 25.7 Å². The van der Waals surface area contributed by atoms with Gasteiger partial charge in [0.2, 0.25) is 5.89 Å². The van der Waals surface area contributed by atoms with Crippen molar-refractivity contribution < 1.29 is 9.21 Å². The normalized spacial score (nSPS) is 14.9. The van der Waals surface area contributed by atoms with E-state index in [4.69, 9.17) is 4.42 Å². The van der Waals surface area contributed by atoms with Crippen LogP contribution in [-0.4, -0.2) is 15.8 Å². The van der Waals surface area contributed by atoms with Gasteiger partial charge in [0.25, 0.3) is 0 Å². The van der Waals surface area contributed by atoms with Gasteiger partial charge in [-0.15, -0.1) is 0 Å². The number of hydrogen-bond acceptors (Lipinski definition) is 4. The third-order valence-electron chi connectivity index (χ3n) is 2.89. The third-order valence-corrected chi connectivity index (χ3v) is 2.89. The lowest BCUT2D eigenvalue weighted by Crippen LogP contribution is -1.92. The smallest absolute Gasteiger partial charge is 0.226 e. The monoisotopic (exact) mass is 228 g/mol. The van der Waals surface area contributed by atoms with Crippen LogP contribution < -0.4 is 0 Å². The minimum Gasteiger partial charge on any atom is -0.444 e. The number of carbonyl (C=O) groups is 1. The number of ketones is 1. The Balaban J connectivity index is 1.96. The molecule has 86 valence electrons. The molecule has 2 aromatic rings. The predicted octanol–water partition coefficient (Wildman–Crippen LogP) is 2.82. The van der Waals surface area contributed by atoms with Crippen LogP contribution in [0, 0.1) is 0 Å². The highest BCUT2D eigenvalue weighted by Gasteiger charge is 2.25. The molecule has 0 aliphatic heterocycles. The van der Waals surface area contributed by atoms with Crippen LogP contribution in [-0.2, 0) is 0 Å². The van der Waals surface area contributed by atoms with Gasteiger partial charge in [-0.25, -0.2) is 4.98 Å². The van der Waals surface area contributed by atoms with Crippen molar-refractivity contribution in [3.05, 3.63) is 36.0 Å². The van der Waals surface area contributed by atoms with Crippen LogP contribution in [0.2, 0.25) is 0 Å². The van der Waals surface area contributed by atoms with Crippen molar-refractivity contribution in [1.29, 1.82) is 0 Å². The van der Waals surface area contributed by atoms with Gasteiger partial charge in [-0.05, 0) is 25.0 Å². The Morgan fingerprint density at radius 1 is 1.47 bits per heavy atom. The molecule has 17 heavy (non-hydrogen) atoms. The molecule has 0 atom stereocenters. The fraction of sp³-hybridized carbons (Fsp3) is 0.308. The molecule has 0 N–H and O–H groups in total. The van der Waals surface area contributed by atoms with E-state index in [0.29, 0.717) is 17.5 Å². The molecule has 1 aliphatic carbocycles. The van der Waals surface area contributed by atoms with E-state index < -0.39 is 0 Å². The van der Waals surface area contributed by atoms with Gasteiger partial charge in [-0.2, -0.15) is 0 Å². The summed E-state index contributed by atoms with van der Waals surface area (Å²) >= 11 is 0. The van der Waals surface area contributed by atoms with Crippen LogP contribution in [0.3, 0.4) is 0 Å². The molecule has 0 saturated heterocycles. The third kappa shape index (κ3) is 1.98. The fourth-order valence-electron chi connectivity index (χ4n) is 1.75. The zero-order valence-electron chi connectivity index (χ0n) is 9.51. The average Bonchev–Trinajstić information content (AvgIpc) is 3.06. The van der Waals surface area contributed by atoms with Gasteiger partial charge in [-0.3, -0.25) is 9.78 Å². The molecule has 1 fully saturated rings. The number of nitrogens with zero attached hydrogens (tertiary/aromatic N) is 2. The van der Waals surface area contributed by atoms with Crippen molar-refractivity contribution in [3.63, 3.8) is 0 Å². The maximum Gasteiger partial charge on any atom is 0.226 e.